The van der Waals surface area contributed by atoms with Crippen LogP contribution in [0.1, 0.15) is 0 Å². The third kappa shape index (κ3) is 7.54. The van der Waals surface area contributed by atoms with Gasteiger partial charge < -0.3 is 19.8 Å². The maximum atomic E-state index is 15.3. The Morgan fingerprint density at radius 1 is 0.423 bits per heavy atom. The zero-order valence-corrected chi connectivity index (χ0v) is 30.9. The number of anilines is 2. The van der Waals surface area contributed by atoms with E-state index in [0.717, 1.165) is 0 Å². The van der Waals surface area contributed by atoms with E-state index in [2.05, 4.69) is 10.6 Å². The predicted molar refractivity (Wildman–Crippen MR) is 208 cm³/mol. The molecule has 10 nitrogen and oxygen atoms in total. The number of nitrogens with one attached hydrogen (secondary N) is 2. The molecule has 0 aromatic heterocycles. The molecular weight excluding hydrogens is 739 g/mol. The molecule has 6 aromatic carbocycles. The second-order valence-corrected chi connectivity index (χ2v) is 20.0. The highest BCUT2D eigenvalue weighted by atomic mass is 32.2. The summed E-state index contributed by atoms with van der Waals surface area (Å²) in [5, 5.41) is 8.64. The predicted octanol–water partition coefficient (Wildman–Crippen LogP) is 4.98. The van der Waals surface area contributed by atoms with Crippen LogP contribution in [0, 0.1) is 0 Å². The minimum absolute atomic E-state index is 0.163. The molecular formula is C38H34N2O8P2S2. The Balaban J connectivity index is 1.39. The van der Waals surface area contributed by atoms with Crippen molar-refractivity contribution < 1.29 is 35.1 Å². The van der Waals surface area contributed by atoms with E-state index in [1.54, 1.807) is 121 Å². The first-order chi connectivity index (χ1) is 24.8. The topological polar surface area (TPSA) is 167 Å². The van der Waals surface area contributed by atoms with E-state index >= 15 is 9.13 Å². The lowest BCUT2D eigenvalue weighted by atomic mass is 10.3. The van der Waals surface area contributed by atoms with Gasteiger partial charge in [-0.1, -0.05) is 121 Å². The maximum Gasteiger partial charge on any atom is 0.294 e. The van der Waals surface area contributed by atoms with Gasteiger partial charge in [-0.2, -0.15) is 16.8 Å². The van der Waals surface area contributed by atoms with Crippen LogP contribution in [0.2, 0.25) is 0 Å². The van der Waals surface area contributed by atoms with Gasteiger partial charge in [0, 0.05) is 56.3 Å². The molecule has 0 heterocycles. The molecule has 0 atom stereocenters. The van der Waals surface area contributed by atoms with E-state index < -0.39 is 44.3 Å². The number of hydrogen-bond acceptors (Lipinski definition) is 8. The minimum Gasteiger partial charge on any atom is -0.383 e. The molecule has 0 aliphatic carbocycles. The highest BCUT2D eigenvalue weighted by Crippen LogP contribution is 2.46. The van der Waals surface area contributed by atoms with E-state index in [1.807, 2.05) is 0 Å². The Morgan fingerprint density at radius 3 is 0.942 bits per heavy atom. The molecule has 52 heavy (non-hydrogen) atoms. The summed E-state index contributed by atoms with van der Waals surface area (Å²) in [5.41, 5.74) is 0.706. The molecule has 0 amide bonds. The highest BCUT2D eigenvalue weighted by molar-refractivity contribution is 7.87. The molecule has 0 spiro atoms. The van der Waals surface area contributed by atoms with Gasteiger partial charge in [-0.3, -0.25) is 9.11 Å². The van der Waals surface area contributed by atoms with Crippen LogP contribution < -0.4 is 42.5 Å². The molecule has 0 aliphatic rings. The molecule has 14 heteroatoms. The number of benzene rings is 6. The molecule has 0 radical (unpaired) electrons. The fraction of sp³-hybridized carbons (Fsp3) is 0.0526. The zero-order valence-electron chi connectivity index (χ0n) is 27.5. The molecule has 6 aromatic rings. The molecule has 266 valence electrons. The van der Waals surface area contributed by atoms with Gasteiger partial charge in [0.15, 0.2) is 14.3 Å². The largest absolute Gasteiger partial charge is 0.383 e. The average molecular weight is 773 g/mol. The van der Waals surface area contributed by atoms with E-state index in [-0.39, 0.29) is 23.7 Å². The molecule has 0 unspecified atom stereocenters. The van der Waals surface area contributed by atoms with Crippen LogP contribution in [0.4, 0.5) is 11.4 Å². The van der Waals surface area contributed by atoms with Crippen LogP contribution >= 0.6 is 14.3 Å². The SMILES string of the molecule is O=P(c1ccccc1)(c1ccccc1)c1cc(S(=O)(=O)O)ccc1NCCNc1ccc(S(=O)(=O)O)cc1P(=O)(c1ccccc1)c1ccccc1. The Morgan fingerprint density at radius 2 is 0.692 bits per heavy atom. The first kappa shape index (κ1) is 37.0. The van der Waals surface area contributed by atoms with Crippen molar-refractivity contribution in [1.29, 1.82) is 0 Å². The van der Waals surface area contributed by atoms with Crippen molar-refractivity contribution in [3.8, 4) is 0 Å². The van der Waals surface area contributed by atoms with Crippen LogP contribution in [-0.4, -0.2) is 39.0 Å². The van der Waals surface area contributed by atoms with Crippen LogP contribution in [0.15, 0.2) is 168 Å². The summed E-state index contributed by atoms with van der Waals surface area (Å²) in [6.45, 7) is 0.338. The Labute approximate surface area is 302 Å². The quantitative estimate of drug-likeness (QED) is 0.0715. The van der Waals surface area contributed by atoms with E-state index in [4.69, 9.17) is 0 Å². The van der Waals surface area contributed by atoms with Crippen LogP contribution in [-0.2, 0) is 29.4 Å². The van der Waals surface area contributed by atoms with Gasteiger partial charge in [-0.25, -0.2) is 0 Å². The Hall–Kier alpha value is -4.80. The lowest BCUT2D eigenvalue weighted by Crippen LogP contribution is -2.30. The Kier molecular flexibility index (Phi) is 10.7. The normalized spacial score (nSPS) is 12.3. The third-order valence-electron chi connectivity index (χ3n) is 8.45. The van der Waals surface area contributed by atoms with Gasteiger partial charge in [0.25, 0.3) is 20.2 Å². The van der Waals surface area contributed by atoms with Crippen molar-refractivity contribution in [1.82, 2.24) is 0 Å². The van der Waals surface area contributed by atoms with E-state index in [0.29, 0.717) is 32.6 Å². The third-order valence-corrected chi connectivity index (χ3v) is 16.3. The van der Waals surface area contributed by atoms with Crippen molar-refractivity contribution in [2.75, 3.05) is 23.7 Å². The summed E-state index contributed by atoms with van der Waals surface area (Å²) >= 11 is 0. The summed E-state index contributed by atoms with van der Waals surface area (Å²) in [6.07, 6.45) is 0. The highest BCUT2D eigenvalue weighted by Gasteiger charge is 2.35. The number of rotatable bonds is 13. The van der Waals surface area contributed by atoms with Gasteiger partial charge in [0.05, 0.1) is 9.79 Å². The van der Waals surface area contributed by atoms with Crippen molar-refractivity contribution in [2.24, 2.45) is 0 Å². The van der Waals surface area contributed by atoms with Crippen molar-refractivity contribution in [3.63, 3.8) is 0 Å². The van der Waals surface area contributed by atoms with E-state index in [9.17, 15) is 25.9 Å². The number of hydrogen-bond donors (Lipinski definition) is 4. The fourth-order valence-electron chi connectivity index (χ4n) is 5.96. The van der Waals surface area contributed by atoms with Gasteiger partial charge in [-0.15, -0.1) is 0 Å². The van der Waals surface area contributed by atoms with Crippen molar-refractivity contribution in [3.05, 3.63) is 158 Å². The van der Waals surface area contributed by atoms with Crippen LogP contribution in [0.3, 0.4) is 0 Å². The fourth-order valence-corrected chi connectivity index (χ4v) is 12.9. The second kappa shape index (κ2) is 15.0. The Bertz CT molecular complexity index is 2260. The summed E-state index contributed by atoms with van der Waals surface area (Å²) in [5.74, 6) is 0. The molecule has 6 rings (SSSR count). The standard InChI is InChI=1S/C38H34N2O8P2S2/c41-49(29-13-5-1-6-14-29,30-15-7-2-8-16-30)37-27-33(51(43,44)45)21-23-35(37)39-25-26-40-36-24-22-34(52(46,47)48)28-38(36)50(42,31-17-9-3-10-18-31)32-19-11-4-12-20-32/h1-24,27-28,39-40H,25-26H2,(H,43,44,45)(H,46,47,48). The maximum absolute atomic E-state index is 15.3. The lowest BCUT2D eigenvalue weighted by Gasteiger charge is -2.25. The van der Waals surface area contributed by atoms with E-state index in [1.165, 1.54) is 36.4 Å². The van der Waals surface area contributed by atoms with Crippen LogP contribution in [0.5, 0.6) is 0 Å². The van der Waals surface area contributed by atoms with Gasteiger partial charge in [-0.05, 0) is 36.4 Å². The van der Waals surface area contributed by atoms with Crippen molar-refractivity contribution >= 4 is 77.7 Å². The van der Waals surface area contributed by atoms with Crippen molar-refractivity contribution in [2.45, 2.75) is 9.79 Å². The van der Waals surface area contributed by atoms with Gasteiger partial charge >= 0.3 is 0 Å². The second-order valence-electron chi connectivity index (χ2n) is 11.7. The first-order valence-corrected chi connectivity index (χ1v) is 22.3. The van der Waals surface area contributed by atoms with Crippen LogP contribution in [0.25, 0.3) is 0 Å². The molecule has 0 fully saturated rings. The molecule has 0 saturated carbocycles. The summed E-state index contributed by atoms with van der Waals surface area (Å²) in [7, 11) is -16.7. The first-order valence-electron chi connectivity index (χ1n) is 16.0. The smallest absolute Gasteiger partial charge is 0.294 e. The molecule has 0 saturated heterocycles. The molecule has 0 bridgehead atoms. The summed E-state index contributed by atoms with van der Waals surface area (Å²) in [6, 6.07) is 42.4. The van der Waals surface area contributed by atoms with Gasteiger partial charge in [0.2, 0.25) is 0 Å². The monoisotopic (exact) mass is 772 g/mol. The molecule has 4 N–H and O–H groups in total. The minimum atomic E-state index is -4.66. The average Bonchev–Trinajstić information content (AvgIpc) is 3.16. The molecule has 0 aliphatic heterocycles. The zero-order chi connectivity index (χ0) is 37.0. The van der Waals surface area contributed by atoms with Gasteiger partial charge in [0.1, 0.15) is 0 Å². The summed E-state index contributed by atoms with van der Waals surface area (Å²) < 4.78 is 99.6. The lowest BCUT2D eigenvalue weighted by molar-refractivity contribution is 0.481. The summed E-state index contributed by atoms with van der Waals surface area (Å²) in [4.78, 5) is -0.834.